The summed E-state index contributed by atoms with van der Waals surface area (Å²) in [6, 6.07) is 2.76. The maximum Gasteiger partial charge on any atom is 0.307 e. The number of carbonyl (C=O) groups is 2. The van der Waals surface area contributed by atoms with E-state index in [9.17, 15) is 23.5 Å². The fourth-order valence-corrected chi connectivity index (χ4v) is 5.00. The van der Waals surface area contributed by atoms with Crippen LogP contribution < -0.4 is 5.32 Å². The molecule has 4 nitrogen and oxygen atoms in total. The van der Waals surface area contributed by atoms with Gasteiger partial charge in [0, 0.05) is 12.1 Å². The molecule has 0 saturated heterocycles. The number of carboxylic acid groups (broad SMARTS) is 1. The molecule has 0 unspecified atom stereocenters. The molecule has 1 aromatic carbocycles. The maximum atomic E-state index is 13.9. The largest absolute Gasteiger partial charge is 0.481 e. The average Bonchev–Trinajstić information content (AvgIpc) is 3.24. The second kappa shape index (κ2) is 5.62. The second-order valence-corrected chi connectivity index (χ2v) is 7.97. The third kappa shape index (κ3) is 2.35. The van der Waals surface area contributed by atoms with Gasteiger partial charge in [-0.15, -0.1) is 0 Å². The van der Waals surface area contributed by atoms with Gasteiger partial charge in [0.15, 0.2) is 11.6 Å². The van der Waals surface area contributed by atoms with Crippen molar-refractivity contribution in [2.45, 2.75) is 19.4 Å². The summed E-state index contributed by atoms with van der Waals surface area (Å²) >= 11 is 2.90. The van der Waals surface area contributed by atoms with E-state index in [2.05, 4.69) is 21.2 Å². The molecule has 0 aromatic heterocycles. The van der Waals surface area contributed by atoms with Gasteiger partial charge in [0.2, 0.25) is 5.91 Å². The summed E-state index contributed by atoms with van der Waals surface area (Å²) in [6.07, 6.45) is 5.77. The Bertz CT molecular complexity index is 806. The van der Waals surface area contributed by atoms with Crippen molar-refractivity contribution in [1.29, 1.82) is 0 Å². The van der Waals surface area contributed by atoms with Crippen molar-refractivity contribution in [2.75, 3.05) is 0 Å². The summed E-state index contributed by atoms with van der Waals surface area (Å²) in [7, 11) is 0. The molecule has 1 spiro atoms. The van der Waals surface area contributed by atoms with Crippen LogP contribution in [0, 0.1) is 40.7 Å². The van der Waals surface area contributed by atoms with Crippen molar-refractivity contribution in [3.63, 3.8) is 0 Å². The minimum atomic E-state index is -1.02. The van der Waals surface area contributed by atoms with Gasteiger partial charge in [-0.3, -0.25) is 9.59 Å². The number of benzene rings is 1. The molecule has 1 aromatic rings. The Morgan fingerprint density at radius 3 is 2.40 bits per heavy atom. The Morgan fingerprint density at radius 1 is 1.16 bits per heavy atom. The Balaban J connectivity index is 1.53. The van der Waals surface area contributed by atoms with Crippen LogP contribution in [0.25, 0.3) is 0 Å². The van der Waals surface area contributed by atoms with Crippen LogP contribution in [-0.2, 0) is 16.1 Å². The number of halogens is 3. The number of allylic oxidation sites excluding steroid dienone is 2. The molecule has 4 atom stereocenters. The zero-order valence-corrected chi connectivity index (χ0v) is 14.7. The molecule has 1 amide bonds. The smallest absolute Gasteiger partial charge is 0.307 e. The van der Waals surface area contributed by atoms with E-state index in [1.54, 1.807) is 0 Å². The number of rotatable bonds is 4. The number of hydrogen-bond donors (Lipinski definition) is 2. The number of hydrogen-bond acceptors (Lipinski definition) is 2. The topological polar surface area (TPSA) is 66.4 Å². The summed E-state index contributed by atoms with van der Waals surface area (Å²) in [5.41, 5.74) is -0.0409. The minimum Gasteiger partial charge on any atom is -0.481 e. The Kier molecular flexibility index (Phi) is 3.76. The lowest BCUT2D eigenvalue weighted by atomic mass is 9.82. The van der Waals surface area contributed by atoms with Gasteiger partial charge in [-0.05, 0) is 52.1 Å². The molecular weight excluding hydrogens is 396 g/mol. The molecule has 3 aliphatic rings. The van der Waals surface area contributed by atoms with Gasteiger partial charge in [0.25, 0.3) is 0 Å². The van der Waals surface area contributed by atoms with Crippen molar-refractivity contribution in [3.8, 4) is 0 Å². The summed E-state index contributed by atoms with van der Waals surface area (Å²) in [6.45, 7) is -0.175. The maximum absolute atomic E-state index is 13.9. The van der Waals surface area contributed by atoms with E-state index < -0.39 is 35.3 Å². The molecule has 0 aliphatic heterocycles. The average molecular weight is 412 g/mol. The molecule has 2 bridgehead atoms. The first-order chi connectivity index (χ1) is 11.9. The lowest BCUT2D eigenvalue weighted by Gasteiger charge is -2.23. The van der Waals surface area contributed by atoms with Crippen molar-refractivity contribution in [2.24, 2.45) is 29.1 Å². The number of carbonyl (C=O) groups excluding carboxylic acids is 1. The highest BCUT2D eigenvalue weighted by Gasteiger charge is 2.70. The molecular formula is C18H16BrF2NO3. The van der Waals surface area contributed by atoms with E-state index in [0.29, 0.717) is 0 Å². The van der Waals surface area contributed by atoms with Gasteiger partial charge in [-0.25, -0.2) is 8.78 Å². The van der Waals surface area contributed by atoms with E-state index in [0.717, 1.165) is 12.8 Å². The first kappa shape index (κ1) is 16.7. The normalized spacial score (nSPS) is 30.7. The highest BCUT2D eigenvalue weighted by Crippen LogP contribution is 2.72. The lowest BCUT2D eigenvalue weighted by Crippen LogP contribution is -2.40. The molecule has 3 aliphatic carbocycles. The first-order valence-corrected chi connectivity index (χ1v) is 8.97. The first-order valence-electron chi connectivity index (χ1n) is 8.18. The van der Waals surface area contributed by atoms with Gasteiger partial charge in [0.1, 0.15) is 0 Å². The van der Waals surface area contributed by atoms with Crippen LogP contribution in [0.3, 0.4) is 0 Å². The van der Waals surface area contributed by atoms with Crippen molar-refractivity contribution < 1.29 is 23.5 Å². The van der Waals surface area contributed by atoms with Crippen LogP contribution >= 0.6 is 15.9 Å². The van der Waals surface area contributed by atoms with E-state index in [1.807, 2.05) is 12.2 Å². The molecule has 2 saturated carbocycles. The highest BCUT2D eigenvalue weighted by molar-refractivity contribution is 9.10. The third-order valence-corrected chi connectivity index (χ3v) is 6.61. The number of aliphatic carboxylic acids is 1. The molecule has 25 heavy (non-hydrogen) atoms. The van der Waals surface area contributed by atoms with Gasteiger partial charge in [0.05, 0.1) is 16.3 Å². The minimum absolute atomic E-state index is 0.0138. The zero-order valence-electron chi connectivity index (χ0n) is 13.1. The summed E-state index contributed by atoms with van der Waals surface area (Å²) < 4.78 is 27.5. The molecule has 0 radical (unpaired) electrons. The zero-order chi connectivity index (χ0) is 17.9. The summed E-state index contributed by atoms with van der Waals surface area (Å²) in [5, 5.41) is 12.2. The molecule has 7 heteroatoms. The number of amides is 1. The second-order valence-electron chi connectivity index (χ2n) is 7.11. The number of nitrogens with one attached hydrogen (secondary N) is 1. The monoisotopic (exact) mass is 411 g/mol. The van der Waals surface area contributed by atoms with Crippen LogP contribution in [0.5, 0.6) is 0 Å². The van der Waals surface area contributed by atoms with Crippen LogP contribution in [0.2, 0.25) is 0 Å². The van der Waals surface area contributed by atoms with Crippen LogP contribution in [0.15, 0.2) is 28.8 Å². The van der Waals surface area contributed by atoms with Crippen LogP contribution in [-0.4, -0.2) is 17.0 Å². The predicted molar refractivity (Wildman–Crippen MR) is 88.3 cm³/mol. The summed E-state index contributed by atoms with van der Waals surface area (Å²) in [5.74, 6) is -4.98. The standard InChI is InChI=1S/C18H16BrF2NO3/c19-11-4-1-8(14(20)15(11)21)7-22-16(23)12-9-2-3-10(13(12)17(24)25)18(9)5-6-18/h1-4,9-10,12-13H,5-7H2,(H,22,23)(H,24,25)/t9-,10+,12+,13+/m0/s1. The molecule has 4 rings (SSSR count). The highest BCUT2D eigenvalue weighted by atomic mass is 79.9. The van der Waals surface area contributed by atoms with Gasteiger partial charge in [-0.1, -0.05) is 18.2 Å². The molecule has 0 heterocycles. The molecule has 2 N–H and O–H groups in total. The van der Waals surface area contributed by atoms with Gasteiger partial charge < -0.3 is 10.4 Å². The third-order valence-electron chi connectivity index (χ3n) is 6.00. The quantitative estimate of drug-likeness (QED) is 0.590. The predicted octanol–water partition coefficient (Wildman–Crippen LogP) is 3.26. The molecule has 2 fully saturated rings. The Labute approximate surface area is 151 Å². The lowest BCUT2D eigenvalue weighted by molar-refractivity contribution is -0.147. The van der Waals surface area contributed by atoms with E-state index in [-0.39, 0.29) is 33.8 Å². The van der Waals surface area contributed by atoms with E-state index in [4.69, 9.17) is 0 Å². The van der Waals surface area contributed by atoms with E-state index in [1.165, 1.54) is 12.1 Å². The Hall–Kier alpha value is -1.76. The SMILES string of the molecule is O=C(O)[C@H]1[C@H](C(=O)NCc2ccc(Br)c(F)c2F)[C@@H]2C=C[C@H]1C21CC1. The fraction of sp³-hybridized carbons (Fsp3) is 0.444. The summed E-state index contributed by atoms with van der Waals surface area (Å²) in [4.78, 5) is 24.4. The van der Waals surface area contributed by atoms with Crippen molar-refractivity contribution in [1.82, 2.24) is 5.32 Å². The molecule has 132 valence electrons. The van der Waals surface area contributed by atoms with Gasteiger partial charge >= 0.3 is 5.97 Å². The number of carboxylic acids is 1. The van der Waals surface area contributed by atoms with Crippen LogP contribution in [0.4, 0.5) is 8.78 Å². The van der Waals surface area contributed by atoms with Gasteiger partial charge in [-0.2, -0.15) is 0 Å². The van der Waals surface area contributed by atoms with Crippen molar-refractivity contribution >= 4 is 27.8 Å². The fourth-order valence-electron chi connectivity index (χ4n) is 4.69. The van der Waals surface area contributed by atoms with E-state index >= 15 is 0 Å². The van der Waals surface area contributed by atoms with Crippen LogP contribution in [0.1, 0.15) is 18.4 Å². The van der Waals surface area contributed by atoms with Crippen molar-refractivity contribution in [3.05, 3.63) is 46.0 Å². The Morgan fingerprint density at radius 2 is 1.80 bits per heavy atom.